The number of nitrogens with one attached hydrogen (secondary N) is 1. The number of ketones is 1. The summed E-state index contributed by atoms with van der Waals surface area (Å²) >= 11 is 12.0. The van der Waals surface area contributed by atoms with Crippen molar-refractivity contribution in [1.82, 2.24) is 5.32 Å². The molecule has 0 radical (unpaired) electrons. The Balaban J connectivity index is 2.05. The van der Waals surface area contributed by atoms with Gasteiger partial charge in [0.15, 0.2) is 5.78 Å². The quantitative estimate of drug-likeness (QED) is 0.852. The van der Waals surface area contributed by atoms with E-state index in [1.807, 2.05) is 0 Å². The van der Waals surface area contributed by atoms with Crippen LogP contribution in [0.2, 0.25) is 10.0 Å². The Hall–Kier alpha value is -0.570. The molecule has 1 fully saturated rings. The molecule has 1 N–H and O–H groups in total. The molecule has 2 atom stereocenters. The summed E-state index contributed by atoms with van der Waals surface area (Å²) in [6.45, 7) is 3.22. The minimum Gasteiger partial charge on any atom is -0.314 e. The predicted octanol–water partition coefficient (Wildman–Crippen LogP) is 3.95. The van der Waals surface area contributed by atoms with Crippen molar-refractivity contribution in [3.63, 3.8) is 0 Å². The molecule has 2 unspecified atom stereocenters. The van der Waals surface area contributed by atoms with Crippen molar-refractivity contribution in [1.29, 1.82) is 0 Å². The van der Waals surface area contributed by atoms with Gasteiger partial charge >= 0.3 is 0 Å². The van der Waals surface area contributed by atoms with Gasteiger partial charge in [0.25, 0.3) is 0 Å². The largest absolute Gasteiger partial charge is 0.314 e. The summed E-state index contributed by atoms with van der Waals surface area (Å²) in [5, 5.41) is 4.19. The van der Waals surface area contributed by atoms with Crippen LogP contribution in [0.5, 0.6) is 0 Å². The Bertz CT molecular complexity index is 447. The average molecular weight is 286 g/mol. The first-order chi connectivity index (χ1) is 8.58. The Kier molecular flexibility index (Phi) is 4.66. The molecular weight excluding hydrogens is 269 g/mol. The van der Waals surface area contributed by atoms with Crippen molar-refractivity contribution in [3.8, 4) is 0 Å². The summed E-state index contributed by atoms with van der Waals surface area (Å²) in [5.74, 6) is 0.744. The third-order valence-electron chi connectivity index (χ3n) is 3.44. The molecule has 0 saturated carbocycles. The maximum atomic E-state index is 12.2. The summed E-state index contributed by atoms with van der Waals surface area (Å²) in [4.78, 5) is 12.2. The van der Waals surface area contributed by atoms with Crippen molar-refractivity contribution in [3.05, 3.63) is 33.8 Å². The second-order valence-corrected chi connectivity index (χ2v) is 5.79. The predicted molar refractivity (Wildman–Crippen MR) is 75.6 cm³/mol. The molecule has 0 aliphatic carbocycles. The number of carbonyl (C=O) groups is 1. The number of carbonyl (C=O) groups excluding carboxylic acids is 1. The van der Waals surface area contributed by atoms with Crippen LogP contribution in [-0.2, 0) is 0 Å². The van der Waals surface area contributed by atoms with Crippen molar-refractivity contribution in [2.24, 2.45) is 5.92 Å². The van der Waals surface area contributed by atoms with Crippen molar-refractivity contribution < 1.29 is 4.79 Å². The van der Waals surface area contributed by atoms with Crippen molar-refractivity contribution in [2.45, 2.75) is 32.2 Å². The van der Waals surface area contributed by atoms with Gasteiger partial charge in [-0.3, -0.25) is 4.79 Å². The van der Waals surface area contributed by atoms with Gasteiger partial charge in [-0.1, -0.05) is 36.2 Å². The van der Waals surface area contributed by atoms with Gasteiger partial charge in [0.2, 0.25) is 0 Å². The summed E-state index contributed by atoms with van der Waals surface area (Å²) in [6, 6.07) is 5.46. The molecule has 1 saturated heterocycles. The summed E-state index contributed by atoms with van der Waals surface area (Å²) < 4.78 is 0. The van der Waals surface area contributed by atoms with Crippen LogP contribution in [-0.4, -0.2) is 18.4 Å². The Morgan fingerprint density at radius 3 is 2.94 bits per heavy atom. The lowest BCUT2D eigenvalue weighted by Gasteiger charge is -2.27. The number of halogens is 2. The molecule has 1 heterocycles. The Labute approximate surface area is 118 Å². The fourth-order valence-electron chi connectivity index (χ4n) is 2.43. The molecule has 2 nitrogen and oxygen atoms in total. The van der Waals surface area contributed by atoms with E-state index in [4.69, 9.17) is 23.2 Å². The molecular formula is C14H17Cl2NO. The second-order valence-electron chi connectivity index (χ2n) is 5.01. The highest BCUT2D eigenvalue weighted by Crippen LogP contribution is 2.27. The van der Waals surface area contributed by atoms with Crippen molar-refractivity contribution in [2.75, 3.05) is 6.54 Å². The fourth-order valence-corrected chi connectivity index (χ4v) is 2.84. The first-order valence-electron chi connectivity index (χ1n) is 6.28. The Morgan fingerprint density at radius 2 is 2.22 bits per heavy atom. The third-order valence-corrected chi connectivity index (χ3v) is 4.26. The van der Waals surface area contributed by atoms with E-state index in [0.29, 0.717) is 27.9 Å². The molecule has 4 heteroatoms. The van der Waals surface area contributed by atoms with Gasteiger partial charge in [0.05, 0.1) is 10.0 Å². The van der Waals surface area contributed by atoms with E-state index in [1.54, 1.807) is 18.2 Å². The minimum atomic E-state index is 0.0640. The van der Waals surface area contributed by atoms with E-state index in [2.05, 4.69) is 12.2 Å². The molecule has 98 valence electrons. The van der Waals surface area contributed by atoms with Gasteiger partial charge in [-0.05, 0) is 37.4 Å². The van der Waals surface area contributed by atoms with Gasteiger partial charge < -0.3 is 5.32 Å². The van der Waals surface area contributed by atoms with E-state index < -0.39 is 0 Å². The van der Waals surface area contributed by atoms with Gasteiger partial charge in [-0.15, -0.1) is 0 Å². The van der Waals surface area contributed by atoms with Crippen LogP contribution < -0.4 is 5.32 Å². The number of Topliss-reactive ketones (excluding diaryl/α,β-unsaturated/α-hetero) is 1. The number of rotatable bonds is 3. The van der Waals surface area contributed by atoms with Gasteiger partial charge in [0, 0.05) is 18.0 Å². The van der Waals surface area contributed by atoms with Crippen LogP contribution >= 0.6 is 23.2 Å². The zero-order valence-electron chi connectivity index (χ0n) is 10.4. The van der Waals surface area contributed by atoms with E-state index in [-0.39, 0.29) is 11.8 Å². The van der Waals surface area contributed by atoms with E-state index in [9.17, 15) is 4.79 Å². The monoisotopic (exact) mass is 285 g/mol. The van der Waals surface area contributed by atoms with Crippen LogP contribution in [0.3, 0.4) is 0 Å². The highest BCUT2D eigenvalue weighted by atomic mass is 35.5. The zero-order valence-corrected chi connectivity index (χ0v) is 11.9. The lowest BCUT2D eigenvalue weighted by Crippen LogP contribution is -2.38. The first-order valence-corrected chi connectivity index (χ1v) is 7.04. The summed E-state index contributed by atoms with van der Waals surface area (Å²) in [7, 11) is 0. The molecule has 1 aliphatic heterocycles. The lowest BCUT2D eigenvalue weighted by atomic mass is 9.90. The second kappa shape index (κ2) is 6.05. The van der Waals surface area contributed by atoms with Gasteiger partial charge in [0.1, 0.15) is 0 Å². The number of hydrogen-bond donors (Lipinski definition) is 1. The standard InChI is InChI=1S/C14H17Cl2NO/c1-9-5-6-17-10(7-9)8-13(18)11-3-2-4-12(15)14(11)16/h2-4,9-10,17H,5-8H2,1H3. The van der Waals surface area contributed by atoms with Crippen LogP contribution in [0, 0.1) is 5.92 Å². The highest BCUT2D eigenvalue weighted by molar-refractivity contribution is 6.43. The first kappa shape index (κ1) is 13.9. The van der Waals surface area contributed by atoms with Crippen LogP contribution in [0.15, 0.2) is 18.2 Å². The van der Waals surface area contributed by atoms with Gasteiger partial charge in [-0.2, -0.15) is 0 Å². The fraction of sp³-hybridized carbons (Fsp3) is 0.500. The van der Waals surface area contributed by atoms with Crippen LogP contribution in [0.4, 0.5) is 0 Å². The smallest absolute Gasteiger partial charge is 0.165 e. The summed E-state index contributed by atoms with van der Waals surface area (Å²) in [6.07, 6.45) is 2.72. The van der Waals surface area contributed by atoms with E-state index in [1.165, 1.54) is 6.42 Å². The third kappa shape index (κ3) is 3.25. The highest BCUT2D eigenvalue weighted by Gasteiger charge is 2.22. The van der Waals surface area contributed by atoms with Gasteiger partial charge in [-0.25, -0.2) is 0 Å². The molecule has 18 heavy (non-hydrogen) atoms. The maximum Gasteiger partial charge on any atom is 0.165 e. The van der Waals surface area contributed by atoms with E-state index >= 15 is 0 Å². The molecule has 0 aromatic heterocycles. The molecule has 1 aliphatic rings. The molecule has 0 spiro atoms. The number of benzene rings is 1. The molecule has 1 aromatic rings. The normalized spacial score (nSPS) is 23.9. The number of piperidine rings is 1. The molecule has 0 bridgehead atoms. The Morgan fingerprint density at radius 1 is 1.44 bits per heavy atom. The topological polar surface area (TPSA) is 29.1 Å². The van der Waals surface area contributed by atoms with Crippen molar-refractivity contribution >= 4 is 29.0 Å². The average Bonchev–Trinajstić information content (AvgIpc) is 2.32. The molecule has 2 rings (SSSR count). The SMILES string of the molecule is CC1CCNC(CC(=O)c2cccc(Cl)c2Cl)C1. The van der Waals surface area contributed by atoms with E-state index in [0.717, 1.165) is 13.0 Å². The molecule has 1 aromatic carbocycles. The minimum absolute atomic E-state index is 0.0640. The summed E-state index contributed by atoms with van der Waals surface area (Å²) in [5.41, 5.74) is 0.532. The van der Waals surface area contributed by atoms with Crippen LogP contribution in [0.1, 0.15) is 36.5 Å². The lowest BCUT2D eigenvalue weighted by molar-refractivity contribution is 0.0959. The maximum absolute atomic E-state index is 12.2. The number of hydrogen-bond acceptors (Lipinski definition) is 2. The zero-order chi connectivity index (χ0) is 13.1. The molecule has 0 amide bonds. The van der Waals surface area contributed by atoms with Crippen LogP contribution in [0.25, 0.3) is 0 Å².